The maximum absolute atomic E-state index is 11.7. The van der Waals surface area contributed by atoms with E-state index < -0.39 is 0 Å². The predicted molar refractivity (Wildman–Crippen MR) is 140 cm³/mol. The van der Waals surface area contributed by atoms with E-state index in [0.717, 1.165) is 28.5 Å². The van der Waals surface area contributed by atoms with Crippen molar-refractivity contribution < 1.29 is 19.0 Å². The van der Waals surface area contributed by atoms with Gasteiger partial charge in [0.25, 0.3) is 0 Å². The highest BCUT2D eigenvalue weighted by molar-refractivity contribution is 5.85. The molecule has 6 heteroatoms. The van der Waals surface area contributed by atoms with Gasteiger partial charge in [0.15, 0.2) is 0 Å². The summed E-state index contributed by atoms with van der Waals surface area (Å²) >= 11 is 0. The van der Waals surface area contributed by atoms with Crippen molar-refractivity contribution in [3.63, 3.8) is 0 Å². The first-order chi connectivity index (χ1) is 17.7. The number of nitrogens with zero attached hydrogens (tertiary/aromatic N) is 2. The smallest absolute Gasteiger partial charge is 0.150 e. The van der Waals surface area contributed by atoms with E-state index in [1.807, 2.05) is 48.6 Å². The molecule has 3 aromatic rings. The molecule has 0 aliphatic rings. The molecule has 0 bridgehead atoms. The van der Waals surface area contributed by atoms with Gasteiger partial charge in [-0.25, -0.2) is 0 Å². The first kappa shape index (κ1) is 26.1. The Bertz CT molecular complexity index is 1210. The van der Waals surface area contributed by atoms with Crippen molar-refractivity contribution in [2.45, 2.75) is 0 Å². The lowest BCUT2D eigenvalue weighted by Crippen LogP contribution is -2.11. The van der Waals surface area contributed by atoms with Gasteiger partial charge in [0.05, 0.1) is 43.1 Å². The molecule has 0 atom stereocenters. The van der Waals surface area contributed by atoms with Crippen LogP contribution in [0.5, 0.6) is 5.75 Å². The van der Waals surface area contributed by atoms with E-state index in [1.165, 1.54) is 0 Å². The fourth-order valence-corrected chi connectivity index (χ4v) is 3.34. The van der Waals surface area contributed by atoms with Crippen LogP contribution in [0.3, 0.4) is 0 Å². The second kappa shape index (κ2) is 14.0. The molecule has 3 rings (SSSR count). The number of aldehydes is 1. The standard InChI is InChI=1S/C30H26N2O4/c1-34-14-15-35-16-17-36-30-28(12-10-23-2-6-25(20-31)7-3-23)18-27(22-33)19-29(30)13-11-24-4-8-26(21-32)9-5-24/h2-13,18-19,22H,14-17H2,1H3/b12-10+,13-11+. The second-order valence-corrected chi connectivity index (χ2v) is 7.73. The van der Waals surface area contributed by atoms with E-state index in [4.69, 9.17) is 24.7 Å². The van der Waals surface area contributed by atoms with Gasteiger partial charge in [0, 0.05) is 23.8 Å². The van der Waals surface area contributed by atoms with Gasteiger partial charge in [-0.2, -0.15) is 10.5 Å². The van der Waals surface area contributed by atoms with Crippen LogP contribution in [-0.2, 0) is 9.47 Å². The Morgan fingerprint density at radius 3 is 1.64 bits per heavy atom. The van der Waals surface area contributed by atoms with Crippen LogP contribution >= 0.6 is 0 Å². The molecule has 3 aromatic carbocycles. The topological polar surface area (TPSA) is 92.3 Å². The Kier molecular flexibility index (Phi) is 10.2. The lowest BCUT2D eigenvalue weighted by Gasteiger charge is -2.14. The maximum Gasteiger partial charge on any atom is 0.150 e. The average Bonchev–Trinajstić information content (AvgIpc) is 2.93. The Labute approximate surface area is 211 Å². The van der Waals surface area contributed by atoms with Crippen molar-refractivity contribution in [2.75, 3.05) is 33.5 Å². The molecule has 36 heavy (non-hydrogen) atoms. The van der Waals surface area contributed by atoms with Crippen LogP contribution in [0.4, 0.5) is 0 Å². The van der Waals surface area contributed by atoms with Gasteiger partial charge in [-0.1, -0.05) is 48.6 Å². The van der Waals surface area contributed by atoms with Gasteiger partial charge >= 0.3 is 0 Å². The molecule has 6 nitrogen and oxygen atoms in total. The minimum atomic E-state index is 0.319. The summed E-state index contributed by atoms with van der Waals surface area (Å²) in [6.07, 6.45) is 8.38. The summed E-state index contributed by atoms with van der Waals surface area (Å²) in [6.45, 7) is 1.68. The molecule has 180 valence electrons. The summed E-state index contributed by atoms with van der Waals surface area (Å²) < 4.78 is 16.7. The summed E-state index contributed by atoms with van der Waals surface area (Å²) in [5, 5.41) is 18.0. The van der Waals surface area contributed by atoms with E-state index in [1.54, 1.807) is 43.5 Å². The van der Waals surface area contributed by atoms with Gasteiger partial charge in [-0.05, 0) is 47.5 Å². The third kappa shape index (κ3) is 7.78. The van der Waals surface area contributed by atoms with Gasteiger partial charge in [0.2, 0.25) is 0 Å². The van der Waals surface area contributed by atoms with Gasteiger partial charge in [0.1, 0.15) is 18.6 Å². The number of benzene rings is 3. The van der Waals surface area contributed by atoms with Crippen molar-refractivity contribution in [1.82, 2.24) is 0 Å². The third-order valence-electron chi connectivity index (χ3n) is 5.20. The summed E-state index contributed by atoms with van der Waals surface area (Å²) in [5.74, 6) is 0.616. The molecule has 0 spiro atoms. The highest BCUT2D eigenvalue weighted by atomic mass is 16.5. The zero-order chi connectivity index (χ0) is 25.6. The van der Waals surface area contributed by atoms with E-state index in [-0.39, 0.29) is 0 Å². The van der Waals surface area contributed by atoms with Crippen LogP contribution in [-0.4, -0.2) is 39.8 Å². The highest BCUT2D eigenvalue weighted by Crippen LogP contribution is 2.30. The van der Waals surface area contributed by atoms with E-state index >= 15 is 0 Å². The minimum Gasteiger partial charge on any atom is -0.490 e. The fourth-order valence-electron chi connectivity index (χ4n) is 3.34. The molecule has 0 saturated heterocycles. The quantitative estimate of drug-likeness (QED) is 0.190. The van der Waals surface area contributed by atoms with E-state index in [9.17, 15) is 4.79 Å². The number of rotatable bonds is 12. The summed E-state index contributed by atoms with van der Waals surface area (Å²) in [5.41, 5.74) is 4.98. The Balaban J connectivity index is 1.93. The largest absolute Gasteiger partial charge is 0.490 e. The number of methoxy groups -OCH3 is 1. The molecular weight excluding hydrogens is 452 g/mol. The van der Waals surface area contributed by atoms with E-state index in [2.05, 4.69) is 12.1 Å². The summed E-state index contributed by atoms with van der Waals surface area (Å²) in [4.78, 5) is 11.7. The molecule has 0 radical (unpaired) electrons. The monoisotopic (exact) mass is 478 g/mol. The zero-order valence-electron chi connectivity index (χ0n) is 20.0. The SMILES string of the molecule is COCCOCCOc1c(/C=C/c2ccc(C#N)cc2)cc(C=O)cc1/C=C/c1ccc(C#N)cc1. The van der Waals surface area contributed by atoms with Gasteiger partial charge in [-0.15, -0.1) is 0 Å². The molecule has 0 aliphatic carbocycles. The first-order valence-electron chi connectivity index (χ1n) is 11.4. The van der Waals surface area contributed by atoms with E-state index in [0.29, 0.717) is 48.9 Å². The molecular formula is C30H26N2O4. The van der Waals surface area contributed by atoms with Crippen LogP contribution < -0.4 is 4.74 Å². The van der Waals surface area contributed by atoms with Crippen molar-refractivity contribution in [1.29, 1.82) is 10.5 Å². The average molecular weight is 479 g/mol. The second-order valence-electron chi connectivity index (χ2n) is 7.73. The van der Waals surface area contributed by atoms with Crippen LogP contribution in [0.1, 0.15) is 43.7 Å². The number of hydrogen-bond acceptors (Lipinski definition) is 6. The maximum atomic E-state index is 11.7. The van der Waals surface area contributed by atoms with Crippen molar-refractivity contribution >= 4 is 30.6 Å². The number of carbonyl (C=O) groups is 1. The zero-order valence-corrected chi connectivity index (χ0v) is 20.0. The van der Waals surface area contributed by atoms with Crippen LogP contribution in [0.25, 0.3) is 24.3 Å². The van der Waals surface area contributed by atoms with Crippen LogP contribution in [0.2, 0.25) is 0 Å². The number of ether oxygens (including phenoxy) is 3. The Hall–Kier alpha value is -4.49. The molecule has 0 aromatic heterocycles. The van der Waals surface area contributed by atoms with Crippen LogP contribution in [0.15, 0.2) is 60.7 Å². The molecule has 0 fully saturated rings. The molecule has 0 heterocycles. The van der Waals surface area contributed by atoms with Gasteiger partial charge in [-0.3, -0.25) is 4.79 Å². The van der Waals surface area contributed by atoms with Crippen molar-refractivity contribution in [3.05, 3.63) is 99.6 Å². The minimum absolute atomic E-state index is 0.319. The van der Waals surface area contributed by atoms with Crippen molar-refractivity contribution in [3.8, 4) is 17.9 Å². The Morgan fingerprint density at radius 2 is 1.19 bits per heavy atom. The molecule has 0 amide bonds. The normalized spacial score (nSPS) is 10.9. The number of carbonyl (C=O) groups excluding carboxylic acids is 1. The first-order valence-corrected chi connectivity index (χ1v) is 11.4. The highest BCUT2D eigenvalue weighted by Gasteiger charge is 2.10. The van der Waals surface area contributed by atoms with Crippen LogP contribution in [0, 0.1) is 22.7 Å². The lowest BCUT2D eigenvalue weighted by molar-refractivity contribution is 0.0543. The molecule has 0 unspecified atom stereocenters. The number of hydrogen-bond donors (Lipinski definition) is 0. The Morgan fingerprint density at radius 1 is 0.694 bits per heavy atom. The number of nitriles is 2. The molecule has 0 N–H and O–H groups in total. The lowest BCUT2D eigenvalue weighted by atomic mass is 10.0. The third-order valence-corrected chi connectivity index (χ3v) is 5.20. The molecule has 0 saturated carbocycles. The predicted octanol–water partition coefficient (Wildman–Crippen LogP) is 5.63. The summed E-state index contributed by atoms with van der Waals surface area (Å²) in [7, 11) is 1.62. The molecule has 0 aliphatic heterocycles. The summed E-state index contributed by atoms with van der Waals surface area (Å²) in [6, 6.07) is 22.2. The van der Waals surface area contributed by atoms with Crippen molar-refractivity contribution in [2.24, 2.45) is 0 Å². The van der Waals surface area contributed by atoms with Gasteiger partial charge < -0.3 is 14.2 Å². The fraction of sp³-hybridized carbons (Fsp3) is 0.167.